The second-order valence-corrected chi connectivity index (χ2v) is 6.34. The van der Waals surface area contributed by atoms with Crippen LogP contribution in [0.2, 0.25) is 0 Å². The minimum Gasteiger partial charge on any atom is -0.381 e. The molecule has 2 aliphatic heterocycles. The Morgan fingerprint density at radius 1 is 1.20 bits per heavy atom. The fourth-order valence-electron chi connectivity index (χ4n) is 3.28. The Balaban J connectivity index is 1.45. The highest BCUT2D eigenvalue weighted by molar-refractivity contribution is 5.92. The van der Waals surface area contributed by atoms with Gasteiger partial charge in [-0.15, -0.1) is 0 Å². The van der Waals surface area contributed by atoms with Crippen LogP contribution in [0.3, 0.4) is 0 Å². The molecule has 2 aromatic heterocycles. The molecule has 2 aromatic rings. The predicted molar refractivity (Wildman–Crippen MR) is 87.3 cm³/mol. The summed E-state index contributed by atoms with van der Waals surface area (Å²) in [7, 11) is 0. The van der Waals surface area contributed by atoms with Crippen LogP contribution < -0.4 is 5.56 Å². The molecule has 9 heteroatoms. The van der Waals surface area contributed by atoms with Crippen molar-refractivity contribution in [3.05, 3.63) is 39.8 Å². The number of hydrogen-bond acceptors (Lipinski definition) is 6. The minimum absolute atomic E-state index is 0.188. The maximum atomic E-state index is 12.5. The molecule has 1 amide bonds. The molecule has 0 unspecified atom stereocenters. The van der Waals surface area contributed by atoms with Crippen molar-refractivity contribution in [2.45, 2.75) is 31.7 Å². The fourth-order valence-corrected chi connectivity index (χ4v) is 3.28. The van der Waals surface area contributed by atoms with E-state index in [2.05, 4.69) is 15.3 Å². The second kappa shape index (κ2) is 6.75. The quantitative estimate of drug-likeness (QED) is 0.819. The van der Waals surface area contributed by atoms with Crippen LogP contribution in [0.25, 0.3) is 0 Å². The van der Waals surface area contributed by atoms with E-state index in [4.69, 9.17) is 9.72 Å². The number of nitrogens with zero attached hydrogens (tertiary/aromatic N) is 5. The monoisotopic (exact) mass is 344 g/mol. The fraction of sp³-hybridized carbons (Fsp3) is 0.562. The van der Waals surface area contributed by atoms with Gasteiger partial charge in [0.15, 0.2) is 5.82 Å². The first kappa shape index (κ1) is 15.9. The standard InChI is InChI=1S/C16H20N6O3/c23-14-2-1-12(18-19-14)16(24)21-6-3-13-17-15(20-22(13)8-7-21)11-4-9-25-10-5-11/h1-2,11H,3-10H2,(H,19,23). The first-order chi connectivity index (χ1) is 12.2. The first-order valence-corrected chi connectivity index (χ1v) is 8.57. The van der Waals surface area contributed by atoms with Crippen molar-refractivity contribution in [2.24, 2.45) is 0 Å². The molecule has 0 radical (unpaired) electrons. The van der Waals surface area contributed by atoms with E-state index in [9.17, 15) is 9.59 Å². The summed E-state index contributed by atoms with van der Waals surface area (Å²) in [5.41, 5.74) is -0.0765. The van der Waals surface area contributed by atoms with Gasteiger partial charge in [0.1, 0.15) is 11.5 Å². The normalized spacial score (nSPS) is 18.6. The van der Waals surface area contributed by atoms with E-state index >= 15 is 0 Å². The van der Waals surface area contributed by atoms with Crippen LogP contribution in [0.1, 0.15) is 40.9 Å². The summed E-state index contributed by atoms with van der Waals surface area (Å²) in [5, 5.41) is 10.8. The van der Waals surface area contributed by atoms with Gasteiger partial charge in [-0.2, -0.15) is 10.2 Å². The maximum absolute atomic E-state index is 12.5. The average Bonchev–Trinajstić information content (AvgIpc) is 2.96. The third-order valence-electron chi connectivity index (χ3n) is 4.72. The number of ether oxygens (including phenoxy) is 1. The Bertz CT molecular complexity index is 778. The summed E-state index contributed by atoms with van der Waals surface area (Å²) in [4.78, 5) is 30.0. The molecule has 9 nitrogen and oxygen atoms in total. The lowest BCUT2D eigenvalue weighted by Gasteiger charge is -2.20. The molecular weight excluding hydrogens is 324 g/mol. The highest BCUT2D eigenvalue weighted by Crippen LogP contribution is 2.25. The van der Waals surface area contributed by atoms with Crippen molar-refractivity contribution in [3.63, 3.8) is 0 Å². The molecule has 4 rings (SSSR count). The molecule has 1 saturated heterocycles. The highest BCUT2D eigenvalue weighted by Gasteiger charge is 2.25. The predicted octanol–water partition coefficient (Wildman–Crippen LogP) is -0.0461. The zero-order valence-corrected chi connectivity index (χ0v) is 13.8. The molecule has 0 atom stereocenters. The summed E-state index contributed by atoms with van der Waals surface area (Å²) >= 11 is 0. The van der Waals surface area contributed by atoms with E-state index in [1.54, 1.807) is 4.90 Å². The van der Waals surface area contributed by atoms with Crippen LogP contribution in [-0.2, 0) is 17.7 Å². The van der Waals surface area contributed by atoms with Gasteiger partial charge in [0.25, 0.3) is 11.5 Å². The Labute approximate surface area is 144 Å². The van der Waals surface area contributed by atoms with Crippen LogP contribution in [0, 0.1) is 0 Å². The van der Waals surface area contributed by atoms with E-state index in [1.165, 1.54) is 12.1 Å². The molecule has 0 aromatic carbocycles. The van der Waals surface area contributed by atoms with Crippen LogP contribution in [0.4, 0.5) is 0 Å². The van der Waals surface area contributed by atoms with Gasteiger partial charge in [-0.25, -0.2) is 14.8 Å². The number of fused-ring (bicyclic) bond motifs is 1. The second-order valence-electron chi connectivity index (χ2n) is 6.34. The molecule has 2 aliphatic rings. The van der Waals surface area contributed by atoms with E-state index in [1.807, 2.05) is 4.68 Å². The van der Waals surface area contributed by atoms with Crippen molar-refractivity contribution in [3.8, 4) is 0 Å². The van der Waals surface area contributed by atoms with Crippen LogP contribution in [0.15, 0.2) is 16.9 Å². The van der Waals surface area contributed by atoms with Crippen molar-refractivity contribution in [2.75, 3.05) is 26.3 Å². The van der Waals surface area contributed by atoms with Crippen molar-refractivity contribution < 1.29 is 9.53 Å². The van der Waals surface area contributed by atoms with Gasteiger partial charge < -0.3 is 9.64 Å². The van der Waals surface area contributed by atoms with Gasteiger partial charge in [-0.05, 0) is 18.9 Å². The van der Waals surface area contributed by atoms with E-state index in [0.717, 1.165) is 37.7 Å². The molecule has 4 heterocycles. The van der Waals surface area contributed by atoms with Gasteiger partial charge in [0.2, 0.25) is 0 Å². The smallest absolute Gasteiger partial charge is 0.274 e. The summed E-state index contributed by atoms with van der Waals surface area (Å²) < 4.78 is 7.31. The summed E-state index contributed by atoms with van der Waals surface area (Å²) in [6.07, 6.45) is 2.59. The molecule has 132 valence electrons. The van der Waals surface area contributed by atoms with Gasteiger partial charge in [-0.3, -0.25) is 9.59 Å². The number of aromatic nitrogens is 5. The zero-order valence-electron chi connectivity index (χ0n) is 13.8. The Kier molecular flexibility index (Phi) is 4.31. The lowest BCUT2D eigenvalue weighted by atomic mass is 10.00. The first-order valence-electron chi connectivity index (χ1n) is 8.57. The van der Waals surface area contributed by atoms with Gasteiger partial charge in [-0.1, -0.05) is 0 Å². The van der Waals surface area contributed by atoms with Crippen molar-refractivity contribution in [1.29, 1.82) is 0 Å². The van der Waals surface area contributed by atoms with Gasteiger partial charge >= 0.3 is 0 Å². The third-order valence-corrected chi connectivity index (χ3v) is 4.72. The minimum atomic E-state index is -0.322. The number of H-pyrrole nitrogens is 1. The molecule has 0 bridgehead atoms. The molecular formula is C16H20N6O3. The summed E-state index contributed by atoms with van der Waals surface area (Å²) in [5.74, 6) is 2.01. The molecule has 0 spiro atoms. The number of rotatable bonds is 2. The SMILES string of the molecule is O=C(c1ccc(=O)[nH]n1)N1CCc2nc(C3CCOCC3)nn2CC1. The third kappa shape index (κ3) is 3.32. The van der Waals surface area contributed by atoms with Gasteiger partial charge in [0.05, 0.1) is 6.54 Å². The van der Waals surface area contributed by atoms with Crippen LogP contribution >= 0.6 is 0 Å². The highest BCUT2D eigenvalue weighted by atomic mass is 16.5. The van der Waals surface area contributed by atoms with Crippen LogP contribution in [-0.4, -0.2) is 62.1 Å². The van der Waals surface area contributed by atoms with Crippen molar-refractivity contribution >= 4 is 5.91 Å². The summed E-state index contributed by atoms with van der Waals surface area (Å²) in [6.45, 7) is 3.25. The number of hydrogen-bond donors (Lipinski definition) is 1. The topological polar surface area (TPSA) is 106 Å². The van der Waals surface area contributed by atoms with E-state index < -0.39 is 0 Å². The van der Waals surface area contributed by atoms with E-state index in [0.29, 0.717) is 32.0 Å². The molecule has 1 N–H and O–H groups in total. The molecule has 0 aliphatic carbocycles. The summed E-state index contributed by atoms with van der Waals surface area (Å²) in [6, 6.07) is 2.76. The number of amides is 1. The lowest BCUT2D eigenvalue weighted by molar-refractivity contribution is 0.0749. The zero-order chi connectivity index (χ0) is 17.2. The van der Waals surface area contributed by atoms with Crippen LogP contribution in [0.5, 0.6) is 0 Å². The van der Waals surface area contributed by atoms with Crippen molar-refractivity contribution in [1.82, 2.24) is 29.9 Å². The number of carbonyl (C=O) groups excluding carboxylic acids is 1. The van der Waals surface area contributed by atoms with E-state index in [-0.39, 0.29) is 17.2 Å². The number of nitrogens with one attached hydrogen (secondary N) is 1. The Morgan fingerprint density at radius 2 is 2.04 bits per heavy atom. The molecule has 1 fully saturated rings. The van der Waals surface area contributed by atoms with Gasteiger partial charge in [0, 0.05) is 44.7 Å². The lowest BCUT2D eigenvalue weighted by Crippen LogP contribution is -2.34. The Hall–Kier alpha value is -2.55. The number of aromatic amines is 1. The molecule has 0 saturated carbocycles. The average molecular weight is 344 g/mol. The Morgan fingerprint density at radius 3 is 2.80 bits per heavy atom. The maximum Gasteiger partial charge on any atom is 0.274 e. The molecule has 25 heavy (non-hydrogen) atoms. The largest absolute Gasteiger partial charge is 0.381 e. The number of carbonyl (C=O) groups is 1.